The number of thioether (sulfide) groups is 1. The van der Waals surface area contributed by atoms with E-state index in [1.165, 1.54) is 37.8 Å². The first-order valence-electron chi connectivity index (χ1n) is 8.76. The lowest BCUT2D eigenvalue weighted by atomic mass is 9.87. The number of unbranched alkanes of at least 4 members (excludes halogenated alkanes) is 1. The second-order valence-corrected chi connectivity index (χ2v) is 7.48. The quantitative estimate of drug-likeness (QED) is 0.797. The predicted octanol–water partition coefficient (Wildman–Crippen LogP) is 4.52. The smallest absolute Gasteiger partial charge is 0.230 e. The molecule has 0 unspecified atom stereocenters. The molecule has 0 radical (unpaired) electrons. The number of aromatic nitrogens is 2. The Balaban J connectivity index is 1.73. The monoisotopic (exact) mass is 329 g/mol. The fraction of sp³-hybridized carbons (Fsp3) is 0.611. The highest BCUT2D eigenvalue weighted by Crippen LogP contribution is 2.56. The largest absolute Gasteiger partial charge is 0.477 e. The lowest BCUT2D eigenvalue weighted by Gasteiger charge is -2.26. The molecule has 0 bridgehead atoms. The molecule has 0 saturated carbocycles. The minimum absolute atomic E-state index is 0.240. The number of aliphatic imine (C=N–C) groups is 1. The number of hydrogen-bond acceptors (Lipinski definition) is 5. The summed E-state index contributed by atoms with van der Waals surface area (Å²) in [6.07, 6.45) is 8.90. The normalized spacial score (nSPS) is 25.0. The van der Waals surface area contributed by atoms with Gasteiger partial charge in [0.1, 0.15) is 11.7 Å². The summed E-state index contributed by atoms with van der Waals surface area (Å²) in [4.78, 5) is 15.2. The Morgan fingerprint density at radius 1 is 1.26 bits per heavy atom. The molecule has 4 rings (SSSR count). The Morgan fingerprint density at radius 3 is 3.00 bits per heavy atom. The third-order valence-electron chi connectivity index (χ3n) is 4.93. The molecular weight excluding hydrogens is 306 g/mol. The van der Waals surface area contributed by atoms with Crippen LogP contribution in [0, 0.1) is 0 Å². The lowest BCUT2D eigenvalue weighted by molar-refractivity contribution is 0.316. The summed E-state index contributed by atoms with van der Waals surface area (Å²) in [5.74, 6) is 1.09. The zero-order valence-corrected chi connectivity index (χ0v) is 14.7. The van der Waals surface area contributed by atoms with Crippen molar-refractivity contribution in [3.05, 3.63) is 23.2 Å². The molecule has 2 atom stereocenters. The Bertz CT molecular complexity index is 683. The predicted molar refractivity (Wildman–Crippen MR) is 93.4 cm³/mol. The topological polar surface area (TPSA) is 47.4 Å². The second kappa shape index (κ2) is 6.27. The highest BCUT2D eigenvalue weighted by Gasteiger charge is 2.44. The van der Waals surface area contributed by atoms with Gasteiger partial charge in [-0.1, -0.05) is 30.7 Å². The third kappa shape index (κ3) is 2.49. The number of allylic oxidation sites excluding steroid dienone is 1. The van der Waals surface area contributed by atoms with Gasteiger partial charge in [-0.05, 0) is 44.6 Å². The molecule has 5 heteroatoms. The van der Waals surface area contributed by atoms with Gasteiger partial charge in [0.25, 0.3) is 0 Å². The van der Waals surface area contributed by atoms with Gasteiger partial charge in [-0.15, -0.1) is 0 Å². The molecule has 3 aliphatic rings. The van der Waals surface area contributed by atoms with E-state index in [-0.39, 0.29) is 5.37 Å². The molecule has 0 N–H and O–H groups in total. The summed E-state index contributed by atoms with van der Waals surface area (Å²) in [6, 6.07) is 0. The van der Waals surface area contributed by atoms with Gasteiger partial charge in [-0.2, -0.15) is 0 Å². The number of rotatable bonds is 5. The summed E-state index contributed by atoms with van der Waals surface area (Å²) in [6.45, 7) is 4.89. The average Bonchev–Trinajstić information content (AvgIpc) is 3.17. The van der Waals surface area contributed by atoms with Crippen LogP contribution in [0.4, 0.5) is 0 Å². The van der Waals surface area contributed by atoms with Crippen molar-refractivity contribution in [1.82, 2.24) is 9.97 Å². The molecule has 0 amide bonds. The molecule has 0 fully saturated rings. The van der Waals surface area contributed by atoms with Gasteiger partial charge >= 0.3 is 0 Å². The van der Waals surface area contributed by atoms with E-state index in [1.807, 2.05) is 6.92 Å². The SMILES string of the molecule is CCCCC1=N[C@@H]2Sc3c(OCC)ncnc3[C@H]2C2=C1CCC2. The average molecular weight is 329 g/mol. The van der Waals surface area contributed by atoms with Gasteiger partial charge in [-0.25, -0.2) is 9.97 Å². The number of hydrogen-bond donors (Lipinski definition) is 0. The molecule has 23 heavy (non-hydrogen) atoms. The van der Waals surface area contributed by atoms with Crippen molar-refractivity contribution in [2.75, 3.05) is 6.61 Å². The van der Waals surface area contributed by atoms with Crippen LogP contribution in [0.2, 0.25) is 0 Å². The van der Waals surface area contributed by atoms with Gasteiger partial charge < -0.3 is 4.74 Å². The fourth-order valence-electron chi connectivity index (χ4n) is 3.94. The standard InChI is InChI=1S/C18H23N3OS/c1-3-5-9-13-11-7-6-8-12(11)14-15-16(23-18(14)21-13)17(22-4-2)20-10-19-15/h10,14,18H,3-9H2,1-2H3/t14-,18-/m1/s1. The Kier molecular flexibility index (Phi) is 4.14. The zero-order chi connectivity index (χ0) is 15.8. The number of nitrogens with zero attached hydrogens (tertiary/aromatic N) is 3. The van der Waals surface area contributed by atoms with Crippen molar-refractivity contribution in [2.24, 2.45) is 4.99 Å². The van der Waals surface area contributed by atoms with Crippen LogP contribution < -0.4 is 4.74 Å². The van der Waals surface area contributed by atoms with E-state index in [1.54, 1.807) is 29.2 Å². The van der Waals surface area contributed by atoms with Gasteiger partial charge in [0.2, 0.25) is 5.88 Å². The third-order valence-corrected chi connectivity index (χ3v) is 6.17. The van der Waals surface area contributed by atoms with Crippen molar-refractivity contribution in [3.8, 4) is 5.88 Å². The minimum atomic E-state index is 0.240. The maximum absolute atomic E-state index is 5.72. The highest BCUT2D eigenvalue weighted by molar-refractivity contribution is 8.00. The number of ether oxygens (including phenoxy) is 1. The van der Waals surface area contributed by atoms with Crippen LogP contribution in [0.15, 0.2) is 27.4 Å². The van der Waals surface area contributed by atoms with Crippen LogP contribution in [-0.2, 0) is 0 Å². The summed E-state index contributed by atoms with van der Waals surface area (Å²) in [5.41, 5.74) is 5.66. The Morgan fingerprint density at radius 2 is 2.17 bits per heavy atom. The van der Waals surface area contributed by atoms with Crippen molar-refractivity contribution in [2.45, 2.75) is 68.6 Å². The van der Waals surface area contributed by atoms with Crippen molar-refractivity contribution in [1.29, 1.82) is 0 Å². The molecule has 1 aliphatic carbocycles. The van der Waals surface area contributed by atoms with Crippen molar-refractivity contribution >= 4 is 17.5 Å². The van der Waals surface area contributed by atoms with E-state index in [9.17, 15) is 0 Å². The molecular formula is C18H23N3OS. The molecule has 0 spiro atoms. The van der Waals surface area contributed by atoms with Crippen molar-refractivity contribution in [3.63, 3.8) is 0 Å². The molecule has 0 saturated heterocycles. The first kappa shape index (κ1) is 15.2. The zero-order valence-electron chi connectivity index (χ0n) is 13.8. The van der Waals surface area contributed by atoms with Crippen LogP contribution in [0.5, 0.6) is 5.88 Å². The van der Waals surface area contributed by atoms with Gasteiger partial charge in [0, 0.05) is 5.71 Å². The van der Waals surface area contributed by atoms with E-state index in [0.717, 1.165) is 22.9 Å². The summed E-state index contributed by atoms with van der Waals surface area (Å²) in [5, 5.41) is 0.240. The van der Waals surface area contributed by atoms with Crippen LogP contribution in [0.25, 0.3) is 0 Å². The number of fused-ring (bicyclic) bond motifs is 4. The number of dihydropyridines is 1. The fourth-order valence-corrected chi connectivity index (χ4v) is 5.30. The molecule has 1 aromatic rings. The molecule has 0 aromatic carbocycles. The lowest BCUT2D eigenvalue weighted by Crippen LogP contribution is -2.21. The van der Waals surface area contributed by atoms with E-state index >= 15 is 0 Å². The van der Waals surface area contributed by atoms with Crippen molar-refractivity contribution < 1.29 is 4.74 Å². The van der Waals surface area contributed by atoms with Gasteiger partial charge in [0.15, 0.2) is 0 Å². The molecule has 3 heterocycles. The summed E-state index contributed by atoms with van der Waals surface area (Å²) >= 11 is 1.80. The first-order chi connectivity index (χ1) is 11.3. The van der Waals surface area contributed by atoms with Crippen LogP contribution in [0.3, 0.4) is 0 Å². The molecule has 2 aliphatic heterocycles. The molecule has 4 nitrogen and oxygen atoms in total. The van der Waals surface area contributed by atoms with E-state index in [4.69, 9.17) is 9.73 Å². The van der Waals surface area contributed by atoms with E-state index in [0.29, 0.717) is 12.5 Å². The van der Waals surface area contributed by atoms with Gasteiger partial charge in [0.05, 0.1) is 23.1 Å². The minimum Gasteiger partial charge on any atom is -0.477 e. The van der Waals surface area contributed by atoms with E-state index in [2.05, 4.69) is 16.9 Å². The summed E-state index contributed by atoms with van der Waals surface area (Å²) < 4.78 is 5.72. The maximum atomic E-state index is 5.72. The Hall–Kier alpha value is -1.36. The van der Waals surface area contributed by atoms with Crippen LogP contribution in [-0.4, -0.2) is 27.7 Å². The second-order valence-electron chi connectivity index (χ2n) is 6.35. The molecule has 1 aromatic heterocycles. The Labute approximate surface area is 141 Å². The van der Waals surface area contributed by atoms with Gasteiger partial charge in [-0.3, -0.25) is 4.99 Å². The maximum Gasteiger partial charge on any atom is 0.230 e. The van der Waals surface area contributed by atoms with Crippen LogP contribution in [0.1, 0.15) is 64.0 Å². The first-order valence-corrected chi connectivity index (χ1v) is 9.64. The molecule has 122 valence electrons. The highest BCUT2D eigenvalue weighted by atomic mass is 32.2. The van der Waals surface area contributed by atoms with E-state index < -0.39 is 0 Å². The summed E-state index contributed by atoms with van der Waals surface area (Å²) in [7, 11) is 0. The van der Waals surface area contributed by atoms with Crippen LogP contribution >= 0.6 is 11.8 Å².